The van der Waals surface area contributed by atoms with Crippen molar-refractivity contribution >= 4 is 11.9 Å². The minimum atomic E-state index is -0.190. The molecule has 1 atom stereocenters. The van der Waals surface area contributed by atoms with Crippen LogP contribution in [0.4, 0.5) is 0 Å². The molecule has 0 aromatic rings. The van der Waals surface area contributed by atoms with Crippen LogP contribution in [0.5, 0.6) is 0 Å². The van der Waals surface area contributed by atoms with Gasteiger partial charge in [0.05, 0.1) is 13.2 Å². The standard InChI is InChI=1S/C20H38O5/c1-4-5-6-7-8-11-15-24-19(21)12-9-10-13-20(22)25-17-18(2)14-16-23-3/h18H,4-17H2,1-3H3. The van der Waals surface area contributed by atoms with Gasteiger partial charge in [-0.15, -0.1) is 0 Å². The lowest BCUT2D eigenvalue weighted by atomic mass is 10.1. The summed E-state index contributed by atoms with van der Waals surface area (Å²) in [5.41, 5.74) is 0. The molecule has 0 rings (SSSR count). The summed E-state index contributed by atoms with van der Waals surface area (Å²) < 4.78 is 15.4. The van der Waals surface area contributed by atoms with E-state index in [-0.39, 0.29) is 11.9 Å². The van der Waals surface area contributed by atoms with Crippen molar-refractivity contribution in [2.75, 3.05) is 26.9 Å². The van der Waals surface area contributed by atoms with E-state index < -0.39 is 0 Å². The molecular weight excluding hydrogens is 320 g/mol. The number of rotatable bonds is 17. The number of hydrogen-bond donors (Lipinski definition) is 0. The fourth-order valence-electron chi connectivity index (χ4n) is 2.39. The zero-order valence-electron chi connectivity index (χ0n) is 16.5. The number of unbranched alkanes of at least 4 members (excludes halogenated alkanes) is 6. The summed E-state index contributed by atoms with van der Waals surface area (Å²) in [6.45, 7) is 5.87. The van der Waals surface area contributed by atoms with E-state index in [1.54, 1.807) is 7.11 Å². The Kier molecular flexibility index (Phi) is 16.9. The van der Waals surface area contributed by atoms with Crippen LogP contribution in [-0.4, -0.2) is 38.9 Å². The van der Waals surface area contributed by atoms with Crippen LogP contribution >= 0.6 is 0 Å². The molecule has 0 amide bonds. The Bertz CT molecular complexity index is 330. The highest BCUT2D eigenvalue weighted by Gasteiger charge is 2.08. The number of esters is 2. The SMILES string of the molecule is CCCCCCCCOC(=O)CCCCC(=O)OCC(C)CCOC. The molecule has 5 heteroatoms. The first kappa shape index (κ1) is 23.9. The summed E-state index contributed by atoms with van der Waals surface area (Å²) in [4.78, 5) is 23.2. The molecule has 0 aliphatic carbocycles. The van der Waals surface area contributed by atoms with Gasteiger partial charge in [0.15, 0.2) is 0 Å². The molecule has 0 bridgehead atoms. The highest BCUT2D eigenvalue weighted by Crippen LogP contribution is 2.08. The maximum atomic E-state index is 11.6. The molecule has 0 aromatic heterocycles. The molecule has 0 aliphatic rings. The van der Waals surface area contributed by atoms with Gasteiger partial charge >= 0.3 is 11.9 Å². The maximum Gasteiger partial charge on any atom is 0.305 e. The van der Waals surface area contributed by atoms with Crippen molar-refractivity contribution in [3.63, 3.8) is 0 Å². The van der Waals surface area contributed by atoms with E-state index >= 15 is 0 Å². The van der Waals surface area contributed by atoms with Gasteiger partial charge in [0.25, 0.3) is 0 Å². The predicted octanol–water partition coefficient (Wildman–Crippen LogP) is 4.67. The topological polar surface area (TPSA) is 61.8 Å². The van der Waals surface area contributed by atoms with E-state index in [9.17, 15) is 9.59 Å². The molecule has 0 saturated carbocycles. The molecular formula is C20H38O5. The Balaban J connectivity index is 3.42. The molecule has 0 saturated heterocycles. The monoisotopic (exact) mass is 358 g/mol. The van der Waals surface area contributed by atoms with Gasteiger partial charge in [0.1, 0.15) is 0 Å². The second-order valence-corrected chi connectivity index (χ2v) is 6.77. The summed E-state index contributed by atoms with van der Waals surface area (Å²) in [5, 5.41) is 0. The van der Waals surface area contributed by atoms with Gasteiger partial charge in [-0.05, 0) is 31.6 Å². The lowest BCUT2D eigenvalue weighted by molar-refractivity contribution is -0.146. The number of carbonyl (C=O) groups is 2. The number of hydrogen-bond acceptors (Lipinski definition) is 5. The minimum Gasteiger partial charge on any atom is -0.466 e. The van der Waals surface area contributed by atoms with Crippen LogP contribution in [0.15, 0.2) is 0 Å². The van der Waals surface area contributed by atoms with Crippen LogP contribution in [0.3, 0.4) is 0 Å². The molecule has 0 heterocycles. The molecule has 0 fully saturated rings. The van der Waals surface area contributed by atoms with Crippen LogP contribution in [0.2, 0.25) is 0 Å². The molecule has 25 heavy (non-hydrogen) atoms. The Labute approximate surface area is 153 Å². The van der Waals surface area contributed by atoms with E-state index in [0.29, 0.717) is 51.4 Å². The van der Waals surface area contributed by atoms with Gasteiger partial charge in [0, 0.05) is 26.6 Å². The molecule has 0 radical (unpaired) electrons. The van der Waals surface area contributed by atoms with E-state index in [1.165, 1.54) is 25.7 Å². The predicted molar refractivity (Wildman–Crippen MR) is 99.4 cm³/mol. The van der Waals surface area contributed by atoms with Gasteiger partial charge in [-0.2, -0.15) is 0 Å². The molecule has 0 aliphatic heterocycles. The van der Waals surface area contributed by atoms with E-state index in [4.69, 9.17) is 14.2 Å². The van der Waals surface area contributed by atoms with Crippen LogP contribution < -0.4 is 0 Å². The molecule has 0 aromatic carbocycles. The average molecular weight is 359 g/mol. The summed E-state index contributed by atoms with van der Waals surface area (Å²) in [6.07, 6.45) is 10.1. The van der Waals surface area contributed by atoms with Gasteiger partial charge < -0.3 is 14.2 Å². The van der Waals surface area contributed by atoms with Crippen molar-refractivity contribution in [1.29, 1.82) is 0 Å². The fraction of sp³-hybridized carbons (Fsp3) is 0.900. The zero-order valence-corrected chi connectivity index (χ0v) is 16.5. The third-order valence-corrected chi connectivity index (χ3v) is 4.12. The smallest absolute Gasteiger partial charge is 0.305 e. The Hall–Kier alpha value is -1.10. The lowest BCUT2D eigenvalue weighted by Gasteiger charge is -2.11. The van der Waals surface area contributed by atoms with Crippen molar-refractivity contribution in [3.05, 3.63) is 0 Å². The first-order valence-corrected chi connectivity index (χ1v) is 9.90. The second-order valence-electron chi connectivity index (χ2n) is 6.77. The Morgan fingerprint density at radius 3 is 2.04 bits per heavy atom. The first-order chi connectivity index (χ1) is 12.1. The van der Waals surface area contributed by atoms with Crippen molar-refractivity contribution in [2.24, 2.45) is 5.92 Å². The van der Waals surface area contributed by atoms with E-state index in [2.05, 4.69) is 6.92 Å². The molecule has 0 N–H and O–H groups in total. The van der Waals surface area contributed by atoms with Crippen LogP contribution in [0.25, 0.3) is 0 Å². The molecule has 148 valence electrons. The van der Waals surface area contributed by atoms with Crippen molar-refractivity contribution < 1.29 is 23.8 Å². The van der Waals surface area contributed by atoms with Crippen LogP contribution in [0, 0.1) is 5.92 Å². The Morgan fingerprint density at radius 1 is 0.800 bits per heavy atom. The van der Waals surface area contributed by atoms with Gasteiger partial charge in [-0.3, -0.25) is 9.59 Å². The van der Waals surface area contributed by atoms with Gasteiger partial charge in [0.2, 0.25) is 0 Å². The summed E-state index contributed by atoms with van der Waals surface area (Å²) >= 11 is 0. The highest BCUT2D eigenvalue weighted by molar-refractivity contribution is 5.70. The van der Waals surface area contributed by atoms with Crippen molar-refractivity contribution in [1.82, 2.24) is 0 Å². The van der Waals surface area contributed by atoms with Gasteiger partial charge in [-0.25, -0.2) is 0 Å². The molecule has 1 unspecified atom stereocenters. The second kappa shape index (κ2) is 17.7. The van der Waals surface area contributed by atoms with Crippen LogP contribution in [-0.2, 0) is 23.8 Å². The largest absolute Gasteiger partial charge is 0.466 e. The number of carbonyl (C=O) groups excluding carboxylic acids is 2. The number of methoxy groups -OCH3 is 1. The van der Waals surface area contributed by atoms with Crippen molar-refractivity contribution in [2.45, 2.75) is 84.5 Å². The summed E-state index contributed by atoms with van der Waals surface area (Å²) in [6, 6.07) is 0. The quantitative estimate of drug-likeness (QED) is 0.279. The zero-order chi connectivity index (χ0) is 18.8. The van der Waals surface area contributed by atoms with Crippen molar-refractivity contribution in [3.8, 4) is 0 Å². The van der Waals surface area contributed by atoms with Gasteiger partial charge in [-0.1, -0.05) is 46.0 Å². The summed E-state index contributed by atoms with van der Waals surface area (Å²) in [5.74, 6) is -0.0410. The highest BCUT2D eigenvalue weighted by atomic mass is 16.5. The molecule has 5 nitrogen and oxygen atoms in total. The first-order valence-electron chi connectivity index (χ1n) is 9.90. The molecule has 0 spiro atoms. The van der Waals surface area contributed by atoms with E-state index in [0.717, 1.165) is 19.3 Å². The summed E-state index contributed by atoms with van der Waals surface area (Å²) in [7, 11) is 1.66. The normalized spacial score (nSPS) is 12.0. The number of ether oxygens (including phenoxy) is 3. The third-order valence-electron chi connectivity index (χ3n) is 4.12. The van der Waals surface area contributed by atoms with Crippen LogP contribution in [0.1, 0.15) is 84.5 Å². The lowest BCUT2D eigenvalue weighted by Crippen LogP contribution is -2.13. The fourth-order valence-corrected chi connectivity index (χ4v) is 2.39. The average Bonchev–Trinajstić information content (AvgIpc) is 2.61. The minimum absolute atomic E-state index is 0.157. The van der Waals surface area contributed by atoms with E-state index in [1.807, 2.05) is 6.92 Å². The third kappa shape index (κ3) is 17.5. The Morgan fingerprint density at radius 2 is 1.40 bits per heavy atom. The maximum absolute atomic E-state index is 11.6.